The van der Waals surface area contributed by atoms with Gasteiger partial charge in [0.05, 0.1) is 11.2 Å². The summed E-state index contributed by atoms with van der Waals surface area (Å²) in [4.78, 5) is 12.4. The molecule has 1 aliphatic rings. The Labute approximate surface area is 122 Å². The SMILES string of the molecule is CCCC1(C(=O)NCCS(=O)(=O)N(C)C)CCNCC1. The van der Waals surface area contributed by atoms with Gasteiger partial charge in [0.25, 0.3) is 0 Å². The molecule has 2 N–H and O–H groups in total. The van der Waals surface area contributed by atoms with Crippen LogP contribution in [-0.4, -0.2) is 58.1 Å². The van der Waals surface area contributed by atoms with E-state index in [4.69, 9.17) is 0 Å². The minimum atomic E-state index is -3.25. The molecule has 0 aromatic rings. The predicted octanol–water partition coefficient (Wildman–Crippen LogP) is 0.164. The number of hydrogen-bond acceptors (Lipinski definition) is 4. The molecule has 0 spiro atoms. The van der Waals surface area contributed by atoms with Crippen molar-refractivity contribution in [2.45, 2.75) is 32.6 Å². The van der Waals surface area contributed by atoms with E-state index in [9.17, 15) is 13.2 Å². The van der Waals surface area contributed by atoms with Gasteiger partial charge < -0.3 is 10.6 Å². The van der Waals surface area contributed by atoms with Gasteiger partial charge >= 0.3 is 0 Å². The lowest BCUT2D eigenvalue weighted by Crippen LogP contribution is -2.48. The Hall–Kier alpha value is -0.660. The molecule has 1 saturated heterocycles. The average molecular weight is 305 g/mol. The average Bonchev–Trinajstić information content (AvgIpc) is 2.39. The molecular formula is C13H27N3O3S. The third-order valence-electron chi connectivity index (χ3n) is 3.97. The first-order valence-corrected chi connectivity index (χ1v) is 8.84. The number of rotatable bonds is 7. The van der Waals surface area contributed by atoms with E-state index in [1.165, 1.54) is 18.4 Å². The van der Waals surface area contributed by atoms with Crippen molar-refractivity contribution in [3.05, 3.63) is 0 Å². The fourth-order valence-corrected chi connectivity index (χ4v) is 3.36. The highest BCUT2D eigenvalue weighted by atomic mass is 32.2. The van der Waals surface area contributed by atoms with Crippen LogP contribution in [0.25, 0.3) is 0 Å². The van der Waals surface area contributed by atoms with Crippen LogP contribution in [0.4, 0.5) is 0 Å². The maximum atomic E-state index is 12.4. The molecule has 0 aromatic carbocycles. The summed E-state index contributed by atoms with van der Waals surface area (Å²) >= 11 is 0. The van der Waals surface area contributed by atoms with Crippen molar-refractivity contribution in [2.75, 3.05) is 39.5 Å². The second kappa shape index (κ2) is 7.38. The topological polar surface area (TPSA) is 78.5 Å². The molecule has 1 amide bonds. The van der Waals surface area contributed by atoms with Crippen molar-refractivity contribution in [1.82, 2.24) is 14.9 Å². The Morgan fingerprint density at radius 2 is 1.90 bits per heavy atom. The Morgan fingerprint density at radius 3 is 2.40 bits per heavy atom. The van der Waals surface area contributed by atoms with E-state index in [0.29, 0.717) is 0 Å². The molecule has 1 rings (SSSR count). The van der Waals surface area contributed by atoms with E-state index in [2.05, 4.69) is 17.6 Å². The van der Waals surface area contributed by atoms with E-state index in [-0.39, 0.29) is 23.6 Å². The van der Waals surface area contributed by atoms with E-state index >= 15 is 0 Å². The van der Waals surface area contributed by atoms with Gasteiger partial charge in [-0.3, -0.25) is 4.79 Å². The third-order valence-corrected chi connectivity index (χ3v) is 5.81. The van der Waals surface area contributed by atoms with Crippen LogP contribution in [0.2, 0.25) is 0 Å². The van der Waals surface area contributed by atoms with E-state index in [1.54, 1.807) is 0 Å². The van der Waals surface area contributed by atoms with Crippen LogP contribution < -0.4 is 10.6 Å². The van der Waals surface area contributed by atoms with Crippen LogP contribution in [-0.2, 0) is 14.8 Å². The summed E-state index contributed by atoms with van der Waals surface area (Å²) in [5, 5.41) is 6.08. The second-order valence-electron chi connectivity index (χ2n) is 5.63. The smallest absolute Gasteiger partial charge is 0.226 e. The third kappa shape index (κ3) is 4.43. The number of carbonyl (C=O) groups is 1. The van der Waals surface area contributed by atoms with Crippen LogP contribution in [0.1, 0.15) is 32.6 Å². The van der Waals surface area contributed by atoms with Gasteiger partial charge in [0.2, 0.25) is 15.9 Å². The van der Waals surface area contributed by atoms with Gasteiger partial charge in [-0.2, -0.15) is 0 Å². The lowest BCUT2D eigenvalue weighted by molar-refractivity contribution is -0.133. The first-order valence-electron chi connectivity index (χ1n) is 7.23. The van der Waals surface area contributed by atoms with Crippen LogP contribution in [0.15, 0.2) is 0 Å². The maximum Gasteiger partial charge on any atom is 0.226 e. The highest BCUT2D eigenvalue weighted by molar-refractivity contribution is 7.89. The lowest BCUT2D eigenvalue weighted by Gasteiger charge is -2.36. The second-order valence-corrected chi connectivity index (χ2v) is 7.94. The summed E-state index contributed by atoms with van der Waals surface area (Å²) in [5.74, 6) is -0.0403. The highest BCUT2D eigenvalue weighted by Crippen LogP contribution is 2.34. The quantitative estimate of drug-likeness (QED) is 0.702. The monoisotopic (exact) mass is 305 g/mol. The number of carbonyl (C=O) groups excluding carboxylic acids is 1. The number of amides is 1. The predicted molar refractivity (Wildman–Crippen MR) is 79.9 cm³/mol. The molecule has 1 heterocycles. The number of nitrogens with one attached hydrogen (secondary N) is 2. The molecular weight excluding hydrogens is 278 g/mol. The number of sulfonamides is 1. The van der Waals surface area contributed by atoms with Crippen molar-refractivity contribution >= 4 is 15.9 Å². The Morgan fingerprint density at radius 1 is 1.30 bits per heavy atom. The van der Waals surface area contributed by atoms with Crippen LogP contribution in [0.5, 0.6) is 0 Å². The molecule has 1 fully saturated rings. The van der Waals surface area contributed by atoms with Gasteiger partial charge in [-0.05, 0) is 32.4 Å². The van der Waals surface area contributed by atoms with Gasteiger partial charge in [0.15, 0.2) is 0 Å². The fourth-order valence-electron chi connectivity index (χ4n) is 2.64. The zero-order valence-electron chi connectivity index (χ0n) is 12.7. The standard InChI is InChI=1S/C13H27N3O3S/c1-4-5-13(6-8-14-9-7-13)12(17)15-10-11-20(18,19)16(2)3/h14H,4-11H2,1-3H3,(H,15,17). The van der Waals surface area contributed by atoms with E-state index in [1.807, 2.05) is 0 Å². The number of hydrogen-bond donors (Lipinski definition) is 2. The van der Waals surface area contributed by atoms with Crippen LogP contribution in [0, 0.1) is 5.41 Å². The Balaban J connectivity index is 2.55. The van der Waals surface area contributed by atoms with Gasteiger partial charge in [0.1, 0.15) is 0 Å². The molecule has 118 valence electrons. The zero-order chi connectivity index (χ0) is 15.2. The minimum Gasteiger partial charge on any atom is -0.355 e. The lowest BCUT2D eigenvalue weighted by atomic mass is 9.74. The molecule has 0 bridgehead atoms. The van der Waals surface area contributed by atoms with Crippen molar-refractivity contribution in [1.29, 1.82) is 0 Å². The Kier molecular flexibility index (Phi) is 6.42. The highest BCUT2D eigenvalue weighted by Gasteiger charge is 2.38. The molecule has 0 unspecified atom stereocenters. The molecule has 0 radical (unpaired) electrons. The minimum absolute atomic E-state index is 0.00908. The molecule has 7 heteroatoms. The zero-order valence-corrected chi connectivity index (χ0v) is 13.6. The van der Waals surface area contributed by atoms with Crippen molar-refractivity contribution in [2.24, 2.45) is 5.41 Å². The molecule has 1 aliphatic heterocycles. The van der Waals surface area contributed by atoms with Gasteiger partial charge in [-0.25, -0.2) is 12.7 Å². The van der Waals surface area contributed by atoms with Crippen molar-refractivity contribution in [3.8, 4) is 0 Å². The summed E-state index contributed by atoms with van der Waals surface area (Å²) in [7, 11) is -0.245. The number of piperidine rings is 1. The molecule has 6 nitrogen and oxygen atoms in total. The largest absolute Gasteiger partial charge is 0.355 e. The van der Waals surface area contributed by atoms with Gasteiger partial charge in [0, 0.05) is 20.6 Å². The van der Waals surface area contributed by atoms with Crippen molar-refractivity contribution < 1.29 is 13.2 Å². The molecule has 0 aromatic heterocycles. The van der Waals surface area contributed by atoms with E-state index in [0.717, 1.165) is 38.8 Å². The van der Waals surface area contributed by atoms with Gasteiger partial charge in [-0.15, -0.1) is 0 Å². The summed E-state index contributed by atoms with van der Waals surface area (Å²) in [6, 6.07) is 0. The van der Waals surface area contributed by atoms with Gasteiger partial charge in [-0.1, -0.05) is 13.3 Å². The molecule has 0 aliphatic carbocycles. The summed E-state index contributed by atoms with van der Waals surface area (Å²) in [5.41, 5.74) is -0.318. The first kappa shape index (κ1) is 17.4. The van der Waals surface area contributed by atoms with Crippen LogP contribution >= 0.6 is 0 Å². The number of nitrogens with zero attached hydrogens (tertiary/aromatic N) is 1. The first-order chi connectivity index (χ1) is 9.34. The molecule has 0 saturated carbocycles. The van der Waals surface area contributed by atoms with Crippen molar-refractivity contribution in [3.63, 3.8) is 0 Å². The van der Waals surface area contributed by atoms with Crippen LogP contribution in [0.3, 0.4) is 0 Å². The molecule has 20 heavy (non-hydrogen) atoms. The summed E-state index contributed by atoms with van der Waals surface area (Å²) < 4.78 is 24.5. The molecule has 0 atom stereocenters. The fraction of sp³-hybridized carbons (Fsp3) is 0.923. The normalized spacial score (nSPS) is 19.0. The summed E-state index contributed by atoms with van der Waals surface area (Å²) in [6.07, 6.45) is 3.48. The Bertz CT molecular complexity index is 409. The maximum absolute atomic E-state index is 12.4. The summed E-state index contributed by atoms with van der Waals surface area (Å²) in [6.45, 7) is 3.96. The van der Waals surface area contributed by atoms with E-state index < -0.39 is 10.0 Å².